The van der Waals surface area contributed by atoms with Gasteiger partial charge in [-0.1, -0.05) is 6.92 Å². The quantitative estimate of drug-likeness (QED) is 0.763. The SMILES string of the molecule is CCc1c[nH]c(=S)n1CCOC(C)C. The van der Waals surface area contributed by atoms with E-state index in [4.69, 9.17) is 17.0 Å². The lowest BCUT2D eigenvalue weighted by molar-refractivity contribution is 0.0722. The Hall–Kier alpha value is -0.610. The fraction of sp³-hybridized carbons (Fsp3) is 0.700. The van der Waals surface area contributed by atoms with Gasteiger partial charge in [0.05, 0.1) is 12.7 Å². The lowest BCUT2D eigenvalue weighted by atomic mass is 10.3. The maximum atomic E-state index is 5.49. The molecule has 0 aliphatic heterocycles. The largest absolute Gasteiger partial charge is 0.377 e. The molecular weight excluding hydrogens is 196 g/mol. The normalized spacial score (nSPS) is 11.1. The van der Waals surface area contributed by atoms with Gasteiger partial charge in [-0.25, -0.2) is 0 Å². The highest BCUT2D eigenvalue weighted by molar-refractivity contribution is 7.71. The second-order valence-electron chi connectivity index (χ2n) is 3.51. The second-order valence-corrected chi connectivity index (χ2v) is 3.90. The maximum absolute atomic E-state index is 5.49. The van der Waals surface area contributed by atoms with Crippen molar-refractivity contribution < 1.29 is 4.74 Å². The molecule has 80 valence electrons. The summed E-state index contributed by atoms with van der Waals surface area (Å²) in [6, 6.07) is 0. The van der Waals surface area contributed by atoms with Gasteiger partial charge in [0.1, 0.15) is 0 Å². The number of aromatic amines is 1. The number of imidazole rings is 1. The average Bonchev–Trinajstić information content (AvgIpc) is 2.47. The van der Waals surface area contributed by atoms with Crippen LogP contribution in [0.3, 0.4) is 0 Å². The van der Waals surface area contributed by atoms with Crippen LogP contribution in [-0.4, -0.2) is 22.3 Å². The van der Waals surface area contributed by atoms with Crippen LogP contribution < -0.4 is 0 Å². The van der Waals surface area contributed by atoms with Crippen molar-refractivity contribution in [3.8, 4) is 0 Å². The van der Waals surface area contributed by atoms with Crippen molar-refractivity contribution in [2.45, 2.75) is 39.8 Å². The Morgan fingerprint density at radius 1 is 1.57 bits per heavy atom. The summed E-state index contributed by atoms with van der Waals surface area (Å²) in [7, 11) is 0. The van der Waals surface area contributed by atoms with Crippen molar-refractivity contribution in [1.82, 2.24) is 9.55 Å². The first kappa shape index (κ1) is 11.5. The number of nitrogens with one attached hydrogen (secondary N) is 1. The monoisotopic (exact) mass is 214 g/mol. The van der Waals surface area contributed by atoms with Crippen molar-refractivity contribution in [3.05, 3.63) is 16.7 Å². The third kappa shape index (κ3) is 2.96. The molecule has 1 rings (SSSR count). The fourth-order valence-electron chi connectivity index (χ4n) is 1.35. The van der Waals surface area contributed by atoms with E-state index in [-0.39, 0.29) is 6.10 Å². The summed E-state index contributed by atoms with van der Waals surface area (Å²) < 4.78 is 8.37. The van der Waals surface area contributed by atoms with Crippen LogP contribution in [0.4, 0.5) is 0 Å². The molecule has 0 radical (unpaired) electrons. The van der Waals surface area contributed by atoms with Crippen molar-refractivity contribution in [3.63, 3.8) is 0 Å². The summed E-state index contributed by atoms with van der Waals surface area (Å²) in [5.41, 5.74) is 1.24. The molecule has 0 aliphatic carbocycles. The van der Waals surface area contributed by atoms with Gasteiger partial charge in [0.25, 0.3) is 0 Å². The minimum Gasteiger partial charge on any atom is -0.377 e. The van der Waals surface area contributed by atoms with Crippen LogP contribution in [-0.2, 0) is 17.7 Å². The van der Waals surface area contributed by atoms with Crippen molar-refractivity contribution >= 4 is 12.2 Å². The molecule has 0 unspecified atom stereocenters. The van der Waals surface area contributed by atoms with E-state index in [9.17, 15) is 0 Å². The van der Waals surface area contributed by atoms with Gasteiger partial charge >= 0.3 is 0 Å². The van der Waals surface area contributed by atoms with Crippen molar-refractivity contribution in [2.75, 3.05) is 6.61 Å². The second kappa shape index (κ2) is 5.32. The summed E-state index contributed by atoms with van der Waals surface area (Å²) in [4.78, 5) is 3.05. The summed E-state index contributed by atoms with van der Waals surface area (Å²) in [6.45, 7) is 7.76. The Kier molecular flexibility index (Phi) is 4.35. The molecule has 0 atom stereocenters. The lowest BCUT2D eigenvalue weighted by Crippen LogP contribution is -2.12. The fourth-order valence-corrected chi connectivity index (χ4v) is 1.62. The van der Waals surface area contributed by atoms with Gasteiger partial charge in [-0.15, -0.1) is 0 Å². The van der Waals surface area contributed by atoms with Crippen LogP contribution in [0.15, 0.2) is 6.20 Å². The molecule has 0 saturated carbocycles. The number of nitrogens with zero attached hydrogens (tertiary/aromatic N) is 1. The van der Waals surface area contributed by atoms with Gasteiger partial charge in [-0.3, -0.25) is 0 Å². The molecular formula is C10H18N2OS. The minimum absolute atomic E-state index is 0.285. The van der Waals surface area contributed by atoms with Crippen LogP contribution in [0.25, 0.3) is 0 Å². The molecule has 0 spiro atoms. The molecule has 0 aliphatic rings. The van der Waals surface area contributed by atoms with E-state index >= 15 is 0 Å². The summed E-state index contributed by atoms with van der Waals surface area (Å²) in [6.07, 6.45) is 3.25. The molecule has 14 heavy (non-hydrogen) atoms. The smallest absolute Gasteiger partial charge is 0.177 e. The third-order valence-electron chi connectivity index (χ3n) is 2.08. The highest BCUT2D eigenvalue weighted by atomic mass is 32.1. The molecule has 3 nitrogen and oxygen atoms in total. The Balaban J connectivity index is 2.57. The average molecular weight is 214 g/mol. The van der Waals surface area contributed by atoms with Crippen LogP contribution in [0, 0.1) is 4.77 Å². The number of aryl methyl sites for hydroxylation is 1. The Morgan fingerprint density at radius 2 is 2.29 bits per heavy atom. The molecule has 0 bridgehead atoms. The summed E-state index contributed by atoms with van der Waals surface area (Å²) in [5, 5.41) is 0. The summed E-state index contributed by atoms with van der Waals surface area (Å²) in [5.74, 6) is 0. The number of hydrogen-bond donors (Lipinski definition) is 1. The van der Waals surface area contributed by atoms with Crippen LogP contribution in [0.5, 0.6) is 0 Å². The van der Waals surface area contributed by atoms with Gasteiger partial charge in [0.2, 0.25) is 0 Å². The predicted molar refractivity (Wildman–Crippen MR) is 60.1 cm³/mol. The minimum atomic E-state index is 0.285. The van der Waals surface area contributed by atoms with E-state index in [0.717, 1.165) is 24.3 Å². The molecule has 1 aromatic rings. The zero-order chi connectivity index (χ0) is 10.6. The topological polar surface area (TPSA) is 29.9 Å². The molecule has 0 saturated heterocycles. The molecule has 4 heteroatoms. The number of ether oxygens (including phenoxy) is 1. The number of hydrogen-bond acceptors (Lipinski definition) is 2. The van der Waals surface area contributed by atoms with Crippen LogP contribution in [0.2, 0.25) is 0 Å². The van der Waals surface area contributed by atoms with Gasteiger partial charge in [-0.05, 0) is 32.5 Å². The Bertz CT molecular complexity index is 327. The summed E-state index contributed by atoms with van der Waals surface area (Å²) >= 11 is 5.17. The highest BCUT2D eigenvalue weighted by Crippen LogP contribution is 2.02. The molecule has 0 fully saturated rings. The van der Waals surface area contributed by atoms with E-state index in [1.54, 1.807) is 0 Å². The number of aromatic nitrogens is 2. The Labute approximate surface area is 90.1 Å². The molecule has 1 aromatic heterocycles. The number of rotatable bonds is 5. The van der Waals surface area contributed by atoms with Gasteiger partial charge < -0.3 is 14.3 Å². The van der Waals surface area contributed by atoms with Crippen molar-refractivity contribution in [2.24, 2.45) is 0 Å². The number of H-pyrrole nitrogens is 1. The lowest BCUT2D eigenvalue weighted by Gasteiger charge is -2.09. The first-order valence-corrected chi connectivity index (χ1v) is 5.44. The molecule has 1 N–H and O–H groups in total. The molecule has 1 heterocycles. The predicted octanol–water partition coefficient (Wildman–Crippen LogP) is 2.53. The molecule has 0 amide bonds. The van der Waals surface area contributed by atoms with E-state index in [1.807, 2.05) is 20.0 Å². The highest BCUT2D eigenvalue weighted by Gasteiger charge is 2.01. The van der Waals surface area contributed by atoms with Crippen molar-refractivity contribution in [1.29, 1.82) is 0 Å². The standard InChI is InChI=1S/C10H18N2OS/c1-4-9-7-11-10(14)12(9)5-6-13-8(2)3/h7-8H,4-6H2,1-3H3,(H,11,14). The zero-order valence-corrected chi connectivity index (χ0v) is 9.86. The van der Waals surface area contributed by atoms with Gasteiger partial charge in [0.15, 0.2) is 4.77 Å². The van der Waals surface area contributed by atoms with Gasteiger partial charge in [0, 0.05) is 18.4 Å². The first-order valence-electron chi connectivity index (χ1n) is 5.03. The van der Waals surface area contributed by atoms with Crippen LogP contribution >= 0.6 is 12.2 Å². The van der Waals surface area contributed by atoms with E-state index < -0.39 is 0 Å². The molecule has 0 aromatic carbocycles. The Morgan fingerprint density at radius 3 is 2.86 bits per heavy atom. The third-order valence-corrected chi connectivity index (χ3v) is 2.42. The zero-order valence-electron chi connectivity index (χ0n) is 9.04. The van der Waals surface area contributed by atoms with Gasteiger partial charge in [-0.2, -0.15) is 0 Å². The first-order chi connectivity index (χ1) is 6.65. The maximum Gasteiger partial charge on any atom is 0.177 e. The van der Waals surface area contributed by atoms with Crippen LogP contribution in [0.1, 0.15) is 26.5 Å². The van der Waals surface area contributed by atoms with E-state index in [0.29, 0.717) is 0 Å². The van der Waals surface area contributed by atoms with E-state index in [2.05, 4.69) is 16.5 Å². The van der Waals surface area contributed by atoms with E-state index in [1.165, 1.54) is 5.69 Å².